The van der Waals surface area contributed by atoms with E-state index in [0.717, 1.165) is 18.9 Å². The van der Waals surface area contributed by atoms with Crippen LogP contribution >= 0.6 is 35.2 Å². The number of hydrogen-bond donors (Lipinski definition) is 2. The second-order valence-corrected chi connectivity index (χ2v) is 11.1. The van der Waals surface area contributed by atoms with E-state index in [0.29, 0.717) is 17.3 Å². The fraction of sp³-hybridized carbons (Fsp3) is 0.500. The lowest BCUT2D eigenvalue weighted by atomic mass is 9.79. The molecule has 3 rings (SSSR count). The molecule has 1 aromatic carbocycles. The van der Waals surface area contributed by atoms with Gasteiger partial charge in [0.25, 0.3) is 0 Å². The molecule has 2 heterocycles. The molecule has 2 N–H and O–H groups in total. The molecule has 2 aromatic rings. The predicted octanol–water partition coefficient (Wildman–Crippen LogP) is 6.93. The quantitative estimate of drug-likeness (QED) is 0.455. The highest BCUT2D eigenvalue weighted by atomic mass is 35.5. The van der Waals surface area contributed by atoms with Crippen LogP contribution in [0.3, 0.4) is 0 Å². The van der Waals surface area contributed by atoms with Gasteiger partial charge in [0.15, 0.2) is 5.11 Å². The number of nitrogens with zero attached hydrogens (tertiary/aromatic N) is 1. The molecule has 0 saturated carbocycles. The lowest BCUT2D eigenvalue weighted by Crippen LogP contribution is -2.63. The highest BCUT2D eigenvalue weighted by Crippen LogP contribution is 2.36. The van der Waals surface area contributed by atoms with E-state index in [1.807, 2.05) is 11.4 Å². The molecule has 1 aliphatic heterocycles. The first kappa shape index (κ1) is 24.3. The van der Waals surface area contributed by atoms with Crippen molar-refractivity contribution >= 4 is 46.0 Å². The molecule has 1 aromatic heterocycles. The first-order chi connectivity index (χ1) is 14.3. The number of alkyl halides is 3. The molecule has 3 nitrogen and oxygen atoms in total. The standard InChI is InChI=1S/C22H27ClF3N3S2/c1-20(2)11-15(12-21(3,4)28-20)29(13-16-6-5-9-31-16)19(30)27-14-7-8-17(18(23)10-14)22(24,25)26/h5-10,15,28H,11-13H2,1-4H3,(H,27,30). The van der Waals surface area contributed by atoms with E-state index < -0.39 is 11.7 Å². The van der Waals surface area contributed by atoms with Crippen LogP contribution in [0.4, 0.5) is 18.9 Å². The summed E-state index contributed by atoms with van der Waals surface area (Å²) in [6.45, 7) is 9.34. The van der Waals surface area contributed by atoms with Crippen molar-refractivity contribution in [3.8, 4) is 0 Å². The molecule has 0 unspecified atom stereocenters. The smallest absolute Gasteiger partial charge is 0.341 e. The fourth-order valence-electron chi connectivity index (χ4n) is 4.44. The number of hydrogen-bond acceptors (Lipinski definition) is 3. The third-order valence-electron chi connectivity index (χ3n) is 5.30. The van der Waals surface area contributed by atoms with Crippen molar-refractivity contribution in [3.05, 3.63) is 51.2 Å². The summed E-state index contributed by atoms with van der Waals surface area (Å²) in [5.41, 5.74) is -0.574. The van der Waals surface area contributed by atoms with Gasteiger partial charge in [0.1, 0.15) is 0 Å². The highest BCUT2D eigenvalue weighted by Gasteiger charge is 2.41. The Kier molecular flexibility index (Phi) is 6.96. The zero-order valence-electron chi connectivity index (χ0n) is 17.9. The van der Waals surface area contributed by atoms with Gasteiger partial charge >= 0.3 is 6.18 Å². The number of benzene rings is 1. The Morgan fingerprint density at radius 2 is 1.87 bits per heavy atom. The summed E-state index contributed by atoms with van der Waals surface area (Å²) in [5, 5.41) is 8.94. The summed E-state index contributed by atoms with van der Waals surface area (Å²) in [6.07, 6.45) is -2.72. The Labute approximate surface area is 196 Å². The van der Waals surface area contributed by atoms with Crippen LogP contribution < -0.4 is 10.6 Å². The number of anilines is 1. The molecule has 0 amide bonds. The summed E-state index contributed by atoms with van der Waals surface area (Å²) in [6, 6.07) is 7.84. The van der Waals surface area contributed by atoms with Crippen molar-refractivity contribution in [3.63, 3.8) is 0 Å². The number of nitrogens with one attached hydrogen (secondary N) is 2. The SMILES string of the molecule is CC1(C)CC(N(Cc2cccs2)C(=S)Nc2ccc(C(F)(F)F)c(Cl)c2)CC(C)(C)N1. The first-order valence-corrected chi connectivity index (χ1v) is 11.7. The third-order valence-corrected chi connectivity index (χ3v) is 6.81. The van der Waals surface area contributed by atoms with Gasteiger partial charge in [0, 0.05) is 27.7 Å². The zero-order valence-corrected chi connectivity index (χ0v) is 20.3. The van der Waals surface area contributed by atoms with Crippen molar-refractivity contribution in [1.82, 2.24) is 10.2 Å². The molecular formula is C22H27ClF3N3S2. The number of halogens is 4. The second-order valence-electron chi connectivity index (χ2n) is 9.28. The Balaban J connectivity index is 1.85. The topological polar surface area (TPSA) is 27.3 Å². The molecule has 1 fully saturated rings. The van der Waals surface area contributed by atoms with E-state index >= 15 is 0 Å². The molecule has 31 heavy (non-hydrogen) atoms. The van der Waals surface area contributed by atoms with Gasteiger partial charge in [-0.3, -0.25) is 0 Å². The average Bonchev–Trinajstić information content (AvgIpc) is 3.08. The van der Waals surface area contributed by atoms with Crippen molar-refractivity contribution in [1.29, 1.82) is 0 Å². The normalized spacial score (nSPS) is 18.6. The molecule has 170 valence electrons. The summed E-state index contributed by atoms with van der Waals surface area (Å²) >= 11 is 13.3. The van der Waals surface area contributed by atoms with Crippen LogP contribution in [0, 0.1) is 0 Å². The Morgan fingerprint density at radius 3 is 2.39 bits per heavy atom. The van der Waals surface area contributed by atoms with E-state index in [2.05, 4.69) is 49.3 Å². The minimum Gasteiger partial charge on any atom is -0.341 e. The van der Waals surface area contributed by atoms with Crippen molar-refractivity contribution < 1.29 is 13.2 Å². The van der Waals surface area contributed by atoms with Crippen LogP contribution in [0.15, 0.2) is 35.7 Å². The molecule has 9 heteroatoms. The molecule has 0 aliphatic carbocycles. The Hall–Kier alpha value is -1.35. The van der Waals surface area contributed by atoms with Crippen LogP contribution in [0.5, 0.6) is 0 Å². The molecule has 0 spiro atoms. The van der Waals surface area contributed by atoms with Crippen LogP contribution in [0.2, 0.25) is 5.02 Å². The number of thiocarbonyl (C=S) groups is 1. The fourth-order valence-corrected chi connectivity index (χ4v) is 5.77. The number of piperidine rings is 1. The molecular weight excluding hydrogens is 463 g/mol. The van der Waals surface area contributed by atoms with Crippen molar-refractivity contribution in [2.45, 2.75) is 70.4 Å². The van der Waals surface area contributed by atoms with Gasteiger partial charge < -0.3 is 15.5 Å². The second kappa shape index (κ2) is 8.89. The van der Waals surface area contributed by atoms with E-state index in [4.69, 9.17) is 23.8 Å². The maximum Gasteiger partial charge on any atom is 0.417 e. The maximum atomic E-state index is 13.0. The van der Waals surface area contributed by atoms with E-state index in [1.54, 1.807) is 11.3 Å². The molecule has 1 aliphatic rings. The minimum atomic E-state index is -4.49. The van der Waals surface area contributed by atoms with Crippen molar-refractivity contribution in [2.75, 3.05) is 5.32 Å². The monoisotopic (exact) mass is 489 g/mol. The summed E-state index contributed by atoms with van der Waals surface area (Å²) in [7, 11) is 0. The minimum absolute atomic E-state index is 0.0760. The lowest BCUT2D eigenvalue weighted by molar-refractivity contribution is -0.137. The number of rotatable bonds is 4. The largest absolute Gasteiger partial charge is 0.417 e. The van der Waals surface area contributed by atoms with Crippen molar-refractivity contribution in [2.24, 2.45) is 0 Å². The van der Waals surface area contributed by atoms with Crippen LogP contribution in [-0.2, 0) is 12.7 Å². The molecule has 0 atom stereocenters. The lowest BCUT2D eigenvalue weighted by Gasteiger charge is -2.50. The van der Waals surface area contributed by atoms with Crippen LogP contribution in [0.25, 0.3) is 0 Å². The third kappa shape index (κ3) is 6.34. The van der Waals surface area contributed by atoms with Crippen LogP contribution in [0.1, 0.15) is 51.0 Å². The van der Waals surface area contributed by atoms with Gasteiger partial charge in [-0.15, -0.1) is 11.3 Å². The Morgan fingerprint density at radius 1 is 1.23 bits per heavy atom. The summed E-state index contributed by atoms with van der Waals surface area (Å²) in [4.78, 5) is 3.32. The maximum absolute atomic E-state index is 13.0. The zero-order chi connectivity index (χ0) is 23.0. The van der Waals surface area contributed by atoms with E-state index in [-0.39, 0.29) is 22.1 Å². The van der Waals surface area contributed by atoms with Gasteiger partial charge in [0.05, 0.1) is 17.1 Å². The first-order valence-electron chi connectivity index (χ1n) is 10.0. The van der Waals surface area contributed by atoms with Gasteiger partial charge in [-0.25, -0.2) is 0 Å². The van der Waals surface area contributed by atoms with E-state index in [9.17, 15) is 13.2 Å². The Bertz CT molecular complexity index is 911. The predicted molar refractivity (Wildman–Crippen MR) is 127 cm³/mol. The van der Waals surface area contributed by atoms with E-state index in [1.165, 1.54) is 17.0 Å². The van der Waals surface area contributed by atoms with Gasteiger partial charge in [0.2, 0.25) is 0 Å². The van der Waals surface area contributed by atoms with Crippen LogP contribution in [-0.4, -0.2) is 27.1 Å². The summed E-state index contributed by atoms with van der Waals surface area (Å²) in [5.74, 6) is 0. The molecule has 0 radical (unpaired) electrons. The molecule has 1 saturated heterocycles. The number of thiophene rings is 1. The van der Waals surface area contributed by atoms with Gasteiger partial charge in [-0.05, 0) is 82.4 Å². The average molecular weight is 490 g/mol. The van der Waals surface area contributed by atoms with Gasteiger partial charge in [-0.1, -0.05) is 17.7 Å². The highest BCUT2D eigenvalue weighted by molar-refractivity contribution is 7.80. The van der Waals surface area contributed by atoms with Gasteiger partial charge in [-0.2, -0.15) is 13.2 Å². The summed E-state index contributed by atoms with van der Waals surface area (Å²) < 4.78 is 39.1. The molecule has 0 bridgehead atoms.